The van der Waals surface area contributed by atoms with Gasteiger partial charge in [0.1, 0.15) is 12.4 Å². The minimum atomic E-state index is 0.0435. The van der Waals surface area contributed by atoms with Crippen LogP contribution in [0.1, 0.15) is 34.5 Å². The summed E-state index contributed by atoms with van der Waals surface area (Å²) in [6.45, 7) is 5.09. The van der Waals surface area contributed by atoms with Crippen LogP contribution in [-0.2, 0) is 24.4 Å². The number of carbonyl (C=O) groups is 1. The van der Waals surface area contributed by atoms with Gasteiger partial charge in [0, 0.05) is 18.7 Å². The van der Waals surface area contributed by atoms with E-state index in [0.717, 1.165) is 39.5 Å². The van der Waals surface area contributed by atoms with Crippen LogP contribution in [0.25, 0.3) is 5.69 Å². The first-order valence-electron chi connectivity index (χ1n) is 11.2. The Morgan fingerprint density at radius 3 is 2.24 bits per heavy atom. The second-order valence-corrected chi connectivity index (χ2v) is 8.20. The average Bonchev–Trinajstić information content (AvgIpc) is 3.19. The van der Waals surface area contributed by atoms with E-state index in [-0.39, 0.29) is 5.91 Å². The Labute approximate surface area is 195 Å². The van der Waals surface area contributed by atoms with E-state index < -0.39 is 0 Å². The summed E-state index contributed by atoms with van der Waals surface area (Å²) in [5, 5.41) is 7.51. The first-order chi connectivity index (χ1) is 16.1. The number of aryl methyl sites for hydroxylation is 3. The molecule has 0 saturated heterocycles. The molecule has 0 aliphatic rings. The molecule has 4 rings (SSSR count). The average molecular weight is 440 g/mol. The molecule has 0 aliphatic heterocycles. The van der Waals surface area contributed by atoms with Crippen molar-refractivity contribution in [3.8, 4) is 11.4 Å². The van der Waals surface area contributed by atoms with Crippen LogP contribution in [0.4, 0.5) is 0 Å². The molecule has 5 nitrogen and oxygen atoms in total. The monoisotopic (exact) mass is 439 g/mol. The molecular weight excluding hydrogens is 410 g/mol. The van der Waals surface area contributed by atoms with Gasteiger partial charge >= 0.3 is 0 Å². The van der Waals surface area contributed by atoms with Gasteiger partial charge in [-0.2, -0.15) is 5.10 Å². The molecule has 0 fully saturated rings. The summed E-state index contributed by atoms with van der Waals surface area (Å²) >= 11 is 0. The minimum absolute atomic E-state index is 0.0435. The molecule has 1 N–H and O–H groups in total. The van der Waals surface area contributed by atoms with Gasteiger partial charge in [-0.15, -0.1) is 0 Å². The third-order valence-corrected chi connectivity index (χ3v) is 5.49. The van der Waals surface area contributed by atoms with Gasteiger partial charge in [0.05, 0.1) is 11.4 Å². The Hall–Kier alpha value is -3.86. The zero-order valence-electron chi connectivity index (χ0n) is 19.1. The van der Waals surface area contributed by atoms with Gasteiger partial charge in [-0.1, -0.05) is 54.6 Å². The summed E-state index contributed by atoms with van der Waals surface area (Å²) in [7, 11) is 0. The van der Waals surface area contributed by atoms with Crippen molar-refractivity contribution in [3.63, 3.8) is 0 Å². The molecular formula is C28H29N3O2. The summed E-state index contributed by atoms with van der Waals surface area (Å²) in [5.74, 6) is 0.861. The van der Waals surface area contributed by atoms with Gasteiger partial charge in [0.15, 0.2) is 0 Å². The van der Waals surface area contributed by atoms with Crippen LogP contribution in [0, 0.1) is 13.8 Å². The second-order valence-electron chi connectivity index (χ2n) is 8.20. The smallest absolute Gasteiger partial charge is 0.220 e. The lowest BCUT2D eigenvalue weighted by Gasteiger charge is -2.09. The second kappa shape index (κ2) is 10.6. The van der Waals surface area contributed by atoms with Gasteiger partial charge in [0.25, 0.3) is 0 Å². The van der Waals surface area contributed by atoms with E-state index in [1.165, 1.54) is 0 Å². The van der Waals surface area contributed by atoms with Crippen LogP contribution >= 0.6 is 0 Å². The Kier molecular flexibility index (Phi) is 7.20. The molecule has 0 saturated carbocycles. The molecule has 5 heteroatoms. The van der Waals surface area contributed by atoms with Crippen molar-refractivity contribution < 1.29 is 9.53 Å². The maximum atomic E-state index is 12.3. The number of carbonyl (C=O) groups excluding carboxylic acids is 1. The third-order valence-electron chi connectivity index (χ3n) is 5.49. The zero-order valence-corrected chi connectivity index (χ0v) is 19.1. The van der Waals surface area contributed by atoms with E-state index in [4.69, 9.17) is 4.74 Å². The number of benzene rings is 3. The number of ether oxygens (including phenoxy) is 1. The molecule has 0 radical (unpaired) electrons. The van der Waals surface area contributed by atoms with Gasteiger partial charge in [-0.05, 0) is 67.3 Å². The Morgan fingerprint density at radius 1 is 0.879 bits per heavy atom. The van der Waals surface area contributed by atoms with Gasteiger partial charge in [-0.3, -0.25) is 4.79 Å². The number of aromatic nitrogens is 2. The molecule has 0 spiro atoms. The number of hydrogen-bond acceptors (Lipinski definition) is 3. The standard InChI is InChI=1S/C28H29N3O2/c1-21-18-22(2)31(30-21)26-13-8-23(9-14-26)12-17-28(32)29-19-24-10-15-27(16-11-24)33-20-25-6-4-3-5-7-25/h3-11,13-16,18H,12,17,19-20H2,1-2H3,(H,29,32). The quantitative estimate of drug-likeness (QED) is 0.384. The van der Waals surface area contributed by atoms with Gasteiger partial charge in [0.2, 0.25) is 5.91 Å². The molecule has 1 heterocycles. The van der Waals surface area contributed by atoms with Gasteiger partial charge in [-0.25, -0.2) is 4.68 Å². The summed E-state index contributed by atoms with van der Waals surface area (Å²) in [5.41, 5.74) is 6.46. The Bertz CT molecular complexity index is 1180. The zero-order chi connectivity index (χ0) is 23.0. The van der Waals surface area contributed by atoms with Crippen LogP contribution in [0.5, 0.6) is 5.75 Å². The predicted octanol–water partition coefficient (Wildman–Crippen LogP) is 5.32. The van der Waals surface area contributed by atoms with Gasteiger partial charge < -0.3 is 10.1 Å². The molecule has 0 aliphatic carbocycles. The van der Waals surface area contributed by atoms with E-state index in [0.29, 0.717) is 26.0 Å². The van der Waals surface area contributed by atoms with Crippen molar-refractivity contribution in [3.05, 3.63) is 113 Å². The number of nitrogens with zero attached hydrogens (tertiary/aromatic N) is 2. The molecule has 33 heavy (non-hydrogen) atoms. The summed E-state index contributed by atoms with van der Waals surface area (Å²) in [6.07, 6.45) is 1.16. The fraction of sp³-hybridized carbons (Fsp3) is 0.214. The van der Waals surface area contributed by atoms with Crippen molar-refractivity contribution in [2.75, 3.05) is 0 Å². The van der Waals surface area contributed by atoms with Crippen molar-refractivity contribution in [1.29, 1.82) is 0 Å². The van der Waals surface area contributed by atoms with Crippen LogP contribution in [-0.4, -0.2) is 15.7 Å². The lowest BCUT2D eigenvalue weighted by molar-refractivity contribution is -0.121. The predicted molar refractivity (Wildman–Crippen MR) is 130 cm³/mol. The van der Waals surface area contributed by atoms with Crippen molar-refractivity contribution in [2.45, 2.75) is 39.8 Å². The molecule has 0 unspecified atom stereocenters. The van der Waals surface area contributed by atoms with Crippen molar-refractivity contribution in [2.24, 2.45) is 0 Å². The SMILES string of the molecule is Cc1cc(C)n(-c2ccc(CCC(=O)NCc3ccc(OCc4ccccc4)cc3)cc2)n1. The van der Waals surface area contributed by atoms with Crippen molar-refractivity contribution >= 4 is 5.91 Å². The minimum Gasteiger partial charge on any atom is -0.489 e. The number of rotatable bonds is 9. The molecule has 1 amide bonds. The van der Waals surface area contributed by atoms with Crippen LogP contribution in [0.2, 0.25) is 0 Å². The third kappa shape index (κ3) is 6.32. The summed E-state index contributed by atoms with van der Waals surface area (Å²) in [6, 6.07) is 28.2. The molecule has 0 bridgehead atoms. The molecule has 4 aromatic rings. The highest BCUT2D eigenvalue weighted by atomic mass is 16.5. The van der Waals surface area contributed by atoms with Crippen LogP contribution < -0.4 is 10.1 Å². The topological polar surface area (TPSA) is 56.2 Å². The normalized spacial score (nSPS) is 10.7. The molecule has 1 aromatic heterocycles. The molecule has 3 aromatic carbocycles. The highest BCUT2D eigenvalue weighted by Crippen LogP contribution is 2.15. The number of amides is 1. The first-order valence-corrected chi connectivity index (χ1v) is 11.2. The summed E-state index contributed by atoms with van der Waals surface area (Å²) in [4.78, 5) is 12.3. The van der Waals surface area contributed by atoms with E-state index >= 15 is 0 Å². The Morgan fingerprint density at radius 2 is 1.58 bits per heavy atom. The lowest BCUT2D eigenvalue weighted by atomic mass is 10.1. The molecule has 0 atom stereocenters. The van der Waals surface area contributed by atoms with Crippen LogP contribution in [0.15, 0.2) is 84.9 Å². The van der Waals surface area contributed by atoms with E-state index in [2.05, 4.69) is 28.6 Å². The van der Waals surface area contributed by atoms with Crippen LogP contribution in [0.3, 0.4) is 0 Å². The highest BCUT2D eigenvalue weighted by molar-refractivity contribution is 5.76. The fourth-order valence-corrected chi connectivity index (χ4v) is 3.69. The first kappa shape index (κ1) is 22.3. The largest absolute Gasteiger partial charge is 0.489 e. The highest BCUT2D eigenvalue weighted by Gasteiger charge is 2.06. The van der Waals surface area contributed by atoms with Crippen molar-refractivity contribution in [1.82, 2.24) is 15.1 Å². The Balaban J connectivity index is 1.20. The maximum absolute atomic E-state index is 12.3. The van der Waals surface area contributed by atoms with E-state index in [1.807, 2.05) is 85.3 Å². The molecule has 168 valence electrons. The van der Waals surface area contributed by atoms with E-state index in [9.17, 15) is 4.79 Å². The lowest BCUT2D eigenvalue weighted by Crippen LogP contribution is -2.22. The maximum Gasteiger partial charge on any atom is 0.220 e. The van der Waals surface area contributed by atoms with E-state index in [1.54, 1.807) is 0 Å². The number of nitrogens with one attached hydrogen (secondary N) is 1. The summed E-state index contributed by atoms with van der Waals surface area (Å²) < 4.78 is 7.75. The fourth-order valence-electron chi connectivity index (χ4n) is 3.69. The number of hydrogen-bond donors (Lipinski definition) is 1.